The van der Waals surface area contributed by atoms with Crippen LogP contribution >= 0.6 is 23.2 Å². The molecule has 10 heteroatoms. The van der Waals surface area contributed by atoms with Crippen LogP contribution in [0.4, 0.5) is 5.69 Å². The molecule has 0 spiro atoms. The SMILES string of the molecule is CCNC(=O)C(C)N(Cc1ccccc1C)C(=O)CN(c1cccc(Cl)c1Cl)S(=O)(=O)c1ccc(C)cc1. The Hall–Kier alpha value is -3.07. The van der Waals surface area contributed by atoms with E-state index in [1.54, 1.807) is 32.0 Å². The summed E-state index contributed by atoms with van der Waals surface area (Å²) >= 11 is 12.7. The monoisotopic (exact) mass is 575 g/mol. The molecule has 1 unspecified atom stereocenters. The molecular weight excluding hydrogens is 545 g/mol. The Morgan fingerprint density at radius 1 is 0.947 bits per heavy atom. The smallest absolute Gasteiger partial charge is 0.264 e. The Kier molecular flexibility index (Phi) is 9.82. The van der Waals surface area contributed by atoms with Crippen molar-refractivity contribution in [2.45, 2.75) is 45.2 Å². The van der Waals surface area contributed by atoms with Crippen molar-refractivity contribution >= 4 is 50.7 Å². The number of amides is 2. The van der Waals surface area contributed by atoms with Crippen molar-refractivity contribution in [1.29, 1.82) is 0 Å². The van der Waals surface area contributed by atoms with Gasteiger partial charge in [0.2, 0.25) is 11.8 Å². The second-order valence-corrected chi connectivity index (χ2v) is 11.6. The van der Waals surface area contributed by atoms with Crippen LogP contribution in [0.2, 0.25) is 10.0 Å². The second-order valence-electron chi connectivity index (χ2n) is 8.92. The van der Waals surface area contributed by atoms with Crippen molar-refractivity contribution in [3.8, 4) is 0 Å². The van der Waals surface area contributed by atoms with Crippen LogP contribution in [0.5, 0.6) is 0 Å². The quantitative estimate of drug-likeness (QED) is 0.352. The van der Waals surface area contributed by atoms with Gasteiger partial charge in [0.25, 0.3) is 10.0 Å². The molecule has 2 amide bonds. The Bertz CT molecular complexity index is 1410. The van der Waals surface area contributed by atoms with Crippen molar-refractivity contribution in [3.05, 3.63) is 93.5 Å². The minimum Gasteiger partial charge on any atom is -0.355 e. The van der Waals surface area contributed by atoms with Gasteiger partial charge in [-0.2, -0.15) is 0 Å². The number of rotatable bonds is 10. The summed E-state index contributed by atoms with van der Waals surface area (Å²) in [6.45, 7) is 7.08. The minimum atomic E-state index is -4.23. The van der Waals surface area contributed by atoms with Crippen LogP contribution in [0.25, 0.3) is 0 Å². The van der Waals surface area contributed by atoms with E-state index in [9.17, 15) is 18.0 Å². The zero-order valence-electron chi connectivity index (χ0n) is 21.7. The minimum absolute atomic E-state index is 0.000110. The van der Waals surface area contributed by atoms with Crippen molar-refractivity contribution in [1.82, 2.24) is 10.2 Å². The molecule has 1 N–H and O–H groups in total. The van der Waals surface area contributed by atoms with Gasteiger partial charge >= 0.3 is 0 Å². The highest BCUT2D eigenvalue weighted by Gasteiger charge is 2.33. The molecule has 0 saturated heterocycles. The molecule has 0 heterocycles. The normalized spacial score (nSPS) is 12.1. The average molecular weight is 577 g/mol. The number of nitrogens with one attached hydrogen (secondary N) is 1. The summed E-state index contributed by atoms with van der Waals surface area (Å²) in [5.74, 6) is -0.915. The van der Waals surface area contributed by atoms with Crippen LogP contribution in [0.3, 0.4) is 0 Å². The zero-order valence-corrected chi connectivity index (χ0v) is 24.1. The van der Waals surface area contributed by atoms with Gasteiger partial charge in [-0.3, -0.25) is 13.9 Å². The molecule has 0 aliphatic heterocycles. The number of anilines is 1. The molecule has 0 aromatic heterocycles. The summed E-state index contributed by atoms with van der Waals surface area (Å²) in [5.41, 5.74) is 2.73. The first-order valence-corrected chi connectivity index (χ1v) is 14.3. The number of hydrogen-bond acceptors (Lipinski definition) is 4. The van der Waals surface area contributed by atoms with Crippen LogP contribution in [0.15, 0.2) is 71.6 Å². The molecule has 202 valence electrons. The van der Waals surface area contributed by atoms with Crippen LogP contribution in [-0.2, 0) is 26.2 Å². The number of aryl methyl sites for hydroxylation is 2. The first-order valence-electron chi connectivity index (χ1n) is 12.1. The Morgan fingerprint density at radius 3 is 2.24 bits per heavy atom. The lowest BCUT2D eigenvalue weighted by Crippen LogP contribution is -2.51. The summed E-state index contributed by atoms with van der Waals surface area (Å²) in [5, 5.41) is 2.89. The molecule has 0 aliphatic carbocycles. The number of sulfonamides is 1. The maximum atomic E-state index is 13.9. The fraction of sp³-hybridized carbons (Fsp3) is 0.286. The lowest BCUT2D eigenvalue weighted by molar-refractivity contribution is -0.139. The number of likely N-dealkylation sites (N-methyl/N-ethyl adjacent to an activating group) is 1. The zero-order chi connectivity index (χ0) is 28.0. The van der Waals surface area contributed by atoms with Gasteiger partial charge < -0.3 is 10.2 Å². The van der Waals surface area contributed by atoms with E-state index in [4.69, 9.17) is 23.2 Å². The molecule has 0 radical (unpaired) electrons. The van der Waals surface area contributed by atoms with Crippen LogP contribution in [0, 0.1) is 13.8 Å². The molecule has 1 atom stereocenters. The van der Waals surface area contributed by atoms with Gasteiger partial charge in [0, 0.05) is 13.1 Å². The Morgan fingerprint density at radius 2 is 1.61 bits per heavy atom. The predicted octanol–water partition coefficient (Wildman–Crippen LogP) is 5.36. The second kappa shape index (κ2) is 12.7. The van der Waals surface area contributed by atoms with E-state index in [1.807, 2.05) is 38.1 Å². The van der Waals surface area contributed by atoms with E-state index in [-0.39, 0.29) is 33.1 Å². The van der Waals surface area contributed by atoms with Crippen molar-refractivity contribution < 1.29 is 18.0 Å². The van der Waals surface area contributed by atoms with E-state index in [2.05, 4.69) is 5.32 Å². The lowest BCUT2D eigenvalue weighted by atomic mass is 10.1. The molecule has 38 heavy (non-hydrogen) atoms. The van der Waals surface area contributed by atoms with E-state index < -0.39 is 28.5 Å². The van der Waals surface area contributed by atoms with Crippen LogP contribution < -0.4 is 9.62 Å². The number of carbonyl (C=O) groups is 2. The Labute approximate surface area is 234 Å². The molecule has 0 aliphatic rings. The summed E-state index contributed by atoms with van der Waals surface area (Å²) in [6, 6.07) is 17.5. The van der Waals surface area contributed by atoms with E-state index in [0.717, 1.165) is 21.0 Å². The van der Waals surface area contributed by atoms with Crippen molar-refractivity contribution in [2.75, 3.05) is 17.4 Å². The van der Waals surface area contributed by atoms with Gasteiger partial charge in [-0.1, -0.05) is 71.2 Å². The highest BCUT2D eigenvalue weighted by Crippen LogP contribution is 2.35. The van der Waals surface area contributed by atoms with E-state index in [1.165, 1.54) is 29.2 Å². The van der Waals surface area contributed by atoms with Gasteiger partial charge in [0.05, 0.1) is 20.6 Å². The van der Waals surface area contributed by atoms with E-state index >= 15 is 0 Å². The van der Waals surface area contributed by atoms with Gasteiger partial charge in [0.15, 0.2) is 0 Å². The standard InChI is InChI=1S/C28H31Cl2N3O4S/c1-5-31-28(35)21(4)32(17-22-10-7-6-9-20(22)3)26(34)18-33(25-12-8-11-24(29)27(25)30)38(36,37)23-15-13-19(2)14-16-23/h6-16,21H,5,17-18H2,1-4H3,(H,31,35). The third kappa shape index (κ3) is 6.67. The highest BCUT2D eigenvalue weighted by molar-refractivity contribution is 7.92. The van der Waals surface area contributed by atoms with E-state index in [0.29, 0.717) is 6.54 Å². The van der Waals surface area contributed by atoms with Gasteiger partial charge in [-0.15, -0.1) is 0 Å². The van der Waals surface area contributed by atoms with Gasteiger partial charge in [-0.25, -0.2) is 8.42 Å². The fourth-order valence-corrected chi connectivity index (χ4v) is 5.79. The van der Waals surface area contributed by atoms with Gasteiger partial charge in [0.1, 0.15) is 12.6 Å². The lowest BCUT2D eigenvalue weighted by Gasteiger charge is -2.32. The van der Waals surface area contributed by atoms with Crippen LogP contribution in [0.1, 0.15) is 30.5 Å². The third-order valence-electron chi connectivity index (χ3n) is 6.21. The van der Waals surface area contributed by atoms with Gasteiger partial charge in [-0.05, 0) is 63.1 Å². The molecule has 0 bridgehead atoms. The fourth-order valence-electron chi connectivity index (χ4n) is 3.91. The van der Waals surface area contributed by atoms with Crippen molar-refractivity contribution in [2.24, 2.45) is 0 Å². The molecule has 3 aromatic rings. The molecular formula is C28H31Cl2N3O4S. The number of hydrogen-bond donors (Lipinski definition) is 1. The van der Waals surface area contributed by atoms with Crippen LogP contribution in [-0.4, -0.2) is 44.3 Å². The summed E-state index contributed by atoms with van der Waals surface area (Å²) in [6.07, 6.45) is 0. The predicted molar refractivity (Wildman–Crippen MR) is 152 cm³/mol. The maximum Gasteiger partial charge on any atom is 0.264 e. The molecule has 7 nitrogen and oxygen atoms in total. The molecule has 3 aromatic carbocycles. The Balaban J connectivity index is 2.09. The number of benzene rings is 3. The molecule has 0 saturated carbocycles. The molecule has 0 fully saturated rings. The highest BCUT2D eigenvalue weighted by atomic mass is 35.5. The summed E-state index contributed by atoms with van der Waals surface area (Å²) < 4.78 is 28.7. The summed E-state index contributed by atoms with van der Waals surface area (Å²) in [4.78, 5) is 28.1. The maximum absolute atomic E-state index is 13.9. The first kappa shape index (κ1) is 29.5. The topological polar surface area (TPSA) is 86.8 Å². The number of halogens is 2. The number of carbonyl (C=O) groups excluding carboxylic acids is 2. The van der Waals surface area contributed by atoms with Crippen molar-refractivity contribution in [3.63, 3.8) is 0 Å². The average Bonchev–Trinajstić information content (AvgIpc) is 2.88. The number of nitrogens with zero attached hydrogens (tertiary/aromatic N) is 2. The largest absolute Gasteiger partial charge is 0.355 e. The first-order chi connectivity index (χ1) is 18.0. The third-order valence-corrected chi connectivity index (χ3v) is 8.79. The summed E-state index contributed by atoms with van der Waals surface area (Å²) in [7, 11) is -4.23. The molecule has 3 rings (SSSR count).